The molecular weight excluding hydrogens is 260 g/mol. The molecule has 1 atom stereocenters. The molecule has 0 bridgehead atoms. The van der Waals surface area contributed by atoms with Crippen LogP contribution < -0.4 is 0 Å². The van der Waals surface area contributed by atoms with Gasteiger partial charge in [-0.25, -0.2) is 4.79 Å². The molecule has 0 aromatic heterocycles. The molecule has 0 saturated carbocycles. The standard InChI is InChI=1S/C15H26O5/c1-10(2)14(16)20-19-12(15(5,6)11(3)4)9-13-17-7-8-18-13/h11-13H,1,7-9H2,2-6H3. The van der Waals surface area contributed by atoms with Gasteiger partial charge in [-0.3, -0.25) is 4.89 Å². The van der Waals surface area contributed by atoms with Crippen molar-refractivity contribution in [1.29, 1.82) is 0 Å². The number of carbonyl (C=O) groups excluding carboxylic acids is 1. The summed E-state index contributed by atoms with van der Waals surface area (Å²) in [5.74, 6) is -0.208. The molecule has 20 heavy (non-hydrogen) atoms. The predicted molar refractivity (Wildman–Crippen MR) is 74.7 cm³/mol. The van der Waals surface area contributed by atoms with Crippen molar-refractivity contribution < 1.29 is 24.0 Å². The molecule has 0 spiro atoms. The lowest BCUT2D eigenvalue weighted by Gasteiger charge is -2.36. The second-order valence-corrected chi connectivity index (χ2v) is 6.12. The summed E-state index contributed by atoms with van der Waals surface area (Å²) in [6.45, 7) is 14.6. The molecular formula is C15H26O5. The summed E-state index contributed by atoms with van der Waals surface area (Å²) in [5, 5.41) is 0. The Balaban J connectivity index is 2.67. The van der Waals surface area contributed by atoms with Gasteiger partial charge in [-0.2, -0.15) is 4.89 Å². The van der Waals surface area contributed by atoms with Gasteiger partial charge in [-0.15, -0.1) is 0 Å². The molecule has 1 fully saturated rings. The van der Waals surface area contributed by atoms with Crippen LogP contribution in [0.25, 0.3) is 0 Å². The van der Waals surface area contributed by atoms with Gasteiger partial charge in [-0.1, -0.05) is 34.3 Å². The molecule has 1 aliphatic heterocycles. The lowest BCUT2D eigenvalue weighted by atomic mass is 9.75. The van der Waals surface area contributed by atoms with Crippen LogP contribution in [0.4, 0.5) is 0 Å². The van der Waals surface area contributed by atoms with Gasteiger partial charge in [0.05, 0.1) is 13.2 Å². The second kappa shape index (κ2) is 7.20. The summed E-state index contributed by atoms with van der Waals surface area (Å²) in [7, 11) is 0. The van der Waals surface area contributed by atoms with E-state index in [9.17, 15) is 4.79 Å². The fourth-order valence-electron chi connectivity index (χ4n) is 1.73. The van der Waals surface area contributed by atoms with Crippen LogP contribution >= 0.6 is 0 Å². The van der Waals surface area contributed by atoms with Gasteiger partial charge < -0.3 is 9.47 Å². The van der Waals surface area contributed by atoms with Gasteiger partial charge in [0.1, 0.15) is 6.10 Å². The van der Waals surface area contributed by atoms with Crippen LogP contribution in [0.5, 0.6) is 0 Å². The second-order valence-electron chi connectivity index (χ2n) is 6.12. The van der Waals surface area contributed by atoms with Crippen molar-refractivity contribution in [2.45, 2.75) is 53.4 Å². The normalized spacial score (nSPS) is 18.3. The summed E-state index contributed by atoms with van der Waals surface area (Å²) < 4.78 is 10.9. The van der Waals surface area contributed by atoms with Crippen molar-refractivity contribution in [2.75, 3.05) is 13.2 Å². The SMILES string of the molecule is C=C(C)C(=O)OOC(CC1OCCO1)C(C)(C)C(C)C. The minimum atomic E-state index is -0.553. The first-order valence-electron chi connectivity index (χ1n) is 7.01. The Hall–Kier alpha value is -0.910. The molecule has 0 aliphatic carbocycles. The number of hydrogen-bond donors (Lipinski definition) is 0. The van der Waals surface area contributed by atoms with Crippen LogP contribution in [0.1, 0.15) is 41.0 Å². The van der Waals surface area contributed by atoms with Gasteiger partial charge >= 0.3 is 5.97 Å². The van der Waals surface area contributed by atoms with Crippen molar-refractivity contribution in [3.8, 4) is 0 Å². The maximum Gasteiger partial charge on any atom is 0.368 e. The monoisotopic (exact) mass is 286 g/mol. The summed E-state index contributed by atoms with van der Waals surface area (Å²) in [5.41, 5.74) is 0.115. The quantitative estimate of drug-likeness (QED) is 0.409. The first-order chi connectivity index (χ1) is 9.25. The Morgan fingerprint density at radius 3 is 2.35 bits per heavy atom. The zero-order valence-corrected chi connectivity index (χ0v) is 13.1. The molecule has 0 N–H and O–H groups in total. The highest BCUT2D eigenvalue weighted by molar-refractivity contribution is 5.86. The summed E-state index contributed by atoms with van der Waals surface area (Å²) in [4.78, 5) is 21.7. The highest BCUT2D eigenvalue weighted by Gasteiger charge is 2.38. The van der Waals surface area contributed by atoms with E-state index in [1.54, 1.807) is 6.92 Å². The Morgan fingerprint density at radius 2 is 1.90 bits per heavy atom. The molecule has 1 heterocycles. The third-order valence-corrected chi connectivity index (χ3v) is 4.00. The first-order valence-corrected chi connectivity index (χ1v) is 7.01. The molecule has 1 aliphatic rings. The van der Waals surface area contributed by atoms with E-state index in [0.717, 1.165) is 0 Å². The lowest BCUT2D eigenvalue weighted by Crippen LogP contribution is -2.39. The Kier molecular flexibility index (Phi) is 6.17. The topological polar surface area (TPSA) is 54.0 Å². The fraction of sp³-hybridized carbons (Fsp3) is 0.800. The van der Waals surface area contributed by atoms with E-state index in [4.69, 9.17) is 19.2 Å². The number of rotatable bonds is 7. The van der Waals surface area contributed by atoms with E-state index in [-0.39, 0.29) is 17.8 Å². The van der Waals surface area contributed by atoms with Crippen LogP contribution in [0, 0.1) is 11.3 Å². The Bertz CT molecular complexity index is 342. The summed E-state index contributed by atoms with van der Waals surface area (Å²) in [6.07, 6.45) is -0.0928. The zero-order chi connectivity index (χ0) is 15.3. The van der Waals surface area contributed by atoms with Crippen molar-refractivity contribution >= 4 is 5.97 Å². The van der Waals surface area contributed by atoms with Crippen LogP contribution in [0.15, 0.2) is 12.2 Å². The number of ether oxygens (including phenoxy) is 2. The van der Waals surface area contributed by atoms with Crippen LogP contribution in [-0.4, -0.2) is 31.6 Å². The van der Waals surface area contributed by atoms with Gasteiger partial charge in [0.2, 0.25) is 0 Å². The molecule has 1 rings (SSSR count). The van der Waals surface area contributed by atoms with E-state index in [1.165, 1.54) is 0 Å². The molecule has 1 unspecified atom stereocenters. The Labute approximate surface area is 121 Å². The van der Waals surface area contributed by atoms with Crippen LogP contribution in [0.2, 0.25) is 0 Å². The Morgan fingerprint density at radius 1 is 1.35 bits per heavy atom. The average Bonchev–Trinajstić information content (AvgIpc) is 2.86. The molecule has 5 nitrogen and oxygen atoms in total. The molecule has 0 aromatic rings. The summed E-state index contributed by atoms with van der Waals surface area (Å²) >= 11 is 0. The molecule has 116 valence electrons. The highest BCUT2D eigenvalue weighted by atomic mass is 17.2. The molecule has 5 heteroatoms. The molecule has 0 aromatic carbocycles. The third kappa shape index (κ3) is 4.58. The van der Waals surface area contributed by atoms with E-state index < -0.39 is 5.97 Å². The fourth-order valence-corrected chi connectivity index (χ4v) is 1.73. The van der Waals surface area contributed by atoms with E-state index >= 15 is 0 Å². The van der Waals surface area contributed by atoms with Crippen molar-refractivity contribution in [2.24, 2.45) is 11.3 Å². The average molecular weight is 286 g/mol. The highest BCUT2D eigenvalue weighted by Crippen LogP contribution is 2.35. The largest absolute Gasteiger partial charge is 0.368 e. The van der Waals surface area contributed by atoms with Crippen LogP contribution in [0.3, 0.4) is 0 Å². The van der Waals surface area contributed by atoms with E-state index in [0.29, 0.717) is 31.1 Å². The maximum atomic E-state index is 11.5. The van der Waals surface area contributed by atoms with Crippen LogP contribution in [-0.2, 0) is 24.0 Å². The molecule has 0 amide bonds. The zero-order valence-electron chi connectivity index (χ0n) is 13.1. The van der Waals surface area contributed by atoms with E-state index in [1.807, 2.05) is 0 Å². The summed E-state index contributed by atoms with van der Waals surface area (Å²) in [6, 6.07) is 0. The third-order valence-electron chi connectivity index (χ3n) is 4.00. The van der Waals surface area contributed by atoms with E-state index in [2.05, 4.69) is 34.3 Å². The maximum absolute atomic E-state index is 11.5. The molecule has 1 saturated heterocycles. The first kappa shape index (κ1) is 17.1. The van der Waals surface area contributed by atoms with Gasteiger partial charge in [0.15, 0.2) is 6.29 Å². The number of hydrogen-bond acceptors (Lipinski definition) is 5. The van der Waals surface area contributed by atoms with Crippen molar-refractivity contribution in [3.63, 3.8) is 0 Å². The minimum absolute atomic E-state index is 0.190. The number of carbonyl (C=O) groups is 1. The van der Waals surface area contributed by atoms with Crippen molar-refractivity contribution in [1.82, 2.24) is 0 Å². The lowest BCUT2D eigenvalue weighted by molar-refractivity contribution is -0.323. The van der Waals surface area contributed by atoms with Crippen molar-refractivity contribution in [3.05, 3.63) is 12.2 Å². The minimum Gasteiger partial charge on any atom is -0.350 e. The van der Waals surface area contributed by atoms with Gasteiger partial charge in [-0.05, 0) is 18.3 Å². The predicted octanol–water partition coefficient (Wildman–Crippen LogP) is 2.85. The smallest absolute Gasteiger partial charge is 0.350 e. The van der Waals surface area contributed by atoms with Gasteiger partial charge in [0, 0.05) is 12.0 Å². The van der Waals surface area contributed by atoms with Gasteiger partial charge in [0.25, 0.3) is 0 Å². The molecule has 0 radical (unpaired) electrons.